The molecule has 0 aromatic rings. The molecular formula is C5H3ClF3N2. The number of hydrogen-bond donors (Lipinski definition) is 0. The monoisotopic (exact) mass is 183 g/mol. The molecule has 0 unspecified atom stereocenters. The van der Waals surface area contributed by atoms with E-state index in [2.05, 4.69) is 10.5 Å². The molecule has 0 bridgehead atoms. The molecule has 1 rings (SSSR count). The third-order valence-corrected chi connectivity index (χ3v) is 1.40. The van der Waals surface area contributed by atoms with E-state index in [-0.39, 0.29) is 5.70 Å². The molecule has 0 amide bonds. The second kappa shape index (κ2) is 2.41. The average molecular weight is 184 g/mol. The van der Waals surface area contributed by atoms with Crippen LogP contribution in [0.15, 0.2) is 16.4 Å². The van der Waals surface area contributed by atoms with Gasteiger partial charge in [0.1, 0.15) is 5.57 Å². The van der Waals surface area contributed by atoms with E-state index in [0.29, 0.717) is 0 Å². The second-order valence-electron chi connectivity index (χ2n) is 1.95. The highest BCUT2D eigenvalue weighted by Crippen LogP contribution is 2.32. The zero-order valence-electron chi connectivity index (χ0n) is 5.41. The number of hydrogen-bond acceptors (Lipinski definition) is 1. The van der Waals surface area contributed by atoms with Crippen LogP contribution in [0.4, 0.5) is 13.2 Å². The lowest BCUT2D eigenvalue weighted by molar-refractivity contribution is -0.0863. The molecule has 0 saturated heterocycles. The van der Waals surface area contributed by atoms with E-state index < -0.39 is 16.9 Å². The third kappa shape index (κ3) is 1.48. The van der Waals surface area contributed by atoms with Crippen LogP contribution in [0.3, 0.4) is 0 Å². The molecule has 11 heavy (non-hydrogen) atoms. The summed E-state index contributed by atoms with van der Waals surface area (Å²) in [6, 6.07) is 0. The zero-order valence-corrected chi connectivity index (χ0v) is 6.16. The molecule has 0 atom stereocenters. The molecule has 1 radical (unpaired) electrons. The maximum absolute atomic E-state index is 12.0. The van der Waals surface area contributed by atoms with Gasteiger partial charge in [-0.3, -0.25) is 0 Å². The van der Waals surface area contributed by atoms with Crippen molar-refractivity contribution in [2.45, 2.75) is 13.1 Å². The molecule has 1 aliphatic rings. The Hall–Kier alpha value is -0.710. The highest BCUT2D eigenvalue weighted by molar-refractivity contribution is 6.70. The number of nitrogens with zero attached hydrogens (tertiary/aromatic N) is 2. The quantitative estimate of drug-likeness (QED) is 0.549. The van der Waals surface area contributed by atoms with E-state index in [0.717, 1.165) is 0 Å². The van der Waals surface area contributed by atoms with E-state index in [4.69, 9.17) is 11.6 Å². The topological polar surface area (TPSA) is 26.5 Å². The minimum atomic E-state index is -4.45. The Balaban J connectivity index is 3.03. The molecule has 0 aliphatic carbocycles. The number of rotatable bonds is 0. The van der Waals surface area contributed by atoms with Crippen LogP contribution in [-0.2, 0) is 0 Å². The predicted molar refractivity (Wildman–Crippen MR) is 34.2 cm³/mol. The lowest BCUT2D eigenvalue weighted by Gasteiger charge is -2.05. The fraction of sp³-hybridized carbons (Fsp3) is 0.400. The lowest BCUT2D eigenvalue weighted by atomic mass is 10.2. The Morgan fingerprint density at radius 3 is 2.09 bits per heavy atom. The van der Waals surface area contributed by atoms with E-state index in [1.54, 1.807) is 0 Å². The van der Waals surface area contributed by atoms with Crippen LogP contribution in [0.1, 0.15) is 6.92 Å². The number of halogens is 4. The summed E-state index contributed by atoms with van der Waals surface area (Å²) < 4.78 is 35.9. The Bertz CT molecular complexity index is 241. The molecule has 61 valence electrons. The Morgan fingerprint density at radius 2 is 1.91 bits per heavy atom. The third-order valence-electron chi connectivity index (χ3n) is 1.14. The van der Waals surface area contributed by atoms with Gasteiger partial charge in [0.25, 0.3) is 0 Å². The van der Waals surface area contributed by atoms with Crippen molar-refractivity contribution >= 4 is 16.8 Å². The van der Waals surface area contributed by atoms with Crippen LogP contribution in [-0.4, -0.2) is 11.3 Å². The van der Waals surface area contributed by atoms with Gasteiger partial charge in [0, 0.05) is 0 Å². The van der Waals surface area contributed by atoms with Crippen molar-refractivity contribution in [3.05, 3.63) is 11.3 Å². The van der Waals surface area contributed by atoms with E-state index >= 15 is 0 Å². The standard InChI is InChI=1S/C5H3ClF3N2/c1-2-3(5(7,8)9)4(6)11-10-2/h1H3. The van der Waals surface area contributed by atoms with Crippen molar-refractivity contribution in [2.24, 2.45) is 5.10 Å². The van der Waals surface area contributed by atoms with Gasteiger partial charge in [0.15, 0.2) is 5.17 Å². The number of allylic oxidation sites excluding steroid dienone is 2. The molecule has 2 nitrogen and oxygen atoms in total. The highest BCUT2D eigenvalue weighted by atomic mass is 35.5. The fourth-order valence-corrected chi connectivity index (χ4v) is 0.972. The van der Waals surface area contributed by atoms with Gasteiger partial charge in [-0.25, -0.2) is 0 Å². The predicted octanol–water partition coefficient (Wildman–Crippen LogP) is 1.99. The van der Waals surface area contributed by atoms with Crippen LogP contribution < -0.4 is 5.43 Å². The molecule has 0 spiro atoms. The average Bonchev–Trinajstić information content (AvgIpc) is 2.08. The second-order valence-corrected chi connectivity index (χ2v) is 2.31. The first-order valence-electron chi connectivity index (χ1n) is 2.65. The van der Waals surface area contributed by atoms with Gasteiger partial charge in [-0.1, -0.05) is 11.6 Å². The smallest absolute Gasteiger partial charge is 0.166 e. The van der Waals surface area contributed by atoms with Crippen molar-refractivity contribution in [2.75, 3.05) is 0 Å². The fourth-order valence-electron chi connectivity index (χ4n) is 0.690. The molecule has 1 heterocycles. The Kier molecular flexibility index (Phi) is 1.83. The van der Waals surface area contributed by atoms with Crippen LogP contribution in [0, 0.1) is 0 Å². The van der Waals surface area contributed by atoms with E-state index in [1.807, 2.05) is 0 Å². The van der Waals surface area contributed by atoms with Gasteiger partial charge >= 0.3 is 6.18 Å². The maximum atomic E-state index is 12.0. The van der Waals surface area contributed by atoms with Crippen LogP contribution in [0.2, 0.25) is 0 Å². The lowest BCUT2D eigenvalue weighted by Crippen LogP contribution is -2.16. The van der Waals surface area contributed by atoms with Crippen LogP contribution in [0.5, 0.6) is 0 Å². The number of alkyl halides is 3. The van der Waals surface area contributed by atoms with Gasteiger partial charge in [-0.15, -0.1) is 5.10 Å². The zero-order chi connectivity index (χ0) is 8.65. The molecule has 0 N–H and O–H groups in total. The minimum absolute atomic E-state index is 0.192. The van der Waals surface area contributed by atoms with Gasteiger partial charge in [0.05, 0.1) is 5.70 Å². The summed E-state index contributed by atoms with van der Waals surface area (Å²) in [5.74, 6) is 0. The van der Waals surface area contributed by atoms with Gasteiger partial charge in [-0.05, 0) is 6.92 Å². The first kappa shape index (κ1) is 8.39. The summed E-state index contributed by atoms with van der Waals surface area (Å²) in [7, 11) is 0. The van der Waals surface area contributed by atoms with Crippen molar-refractivity contribution < 1.29 is 13.2 Å². The molecule has 1 aliphatic heterocycles. The van der Waals surface area contributed by atoms with E-state index in [9.17, 15) is 13.2 Å². The van der Waals surface area contributed by atoms with Crippen molar-refractivity contribution in [1.29, 1.82) is 0 Å². The van der Waals surface area contributed by atoms with Crippen molar-refractivity contribution in [1.82, 2.24) is 5.43 Å². The maximum Gasteiger partial charge on any atom is 0.421 e. The Morgan fingerprint density at radius 1 is 1.36 bits per heavy atom. The first-order valence-corrected chi connectivity index (χ1v) is 3.03. The molecule has 0 saturated carbocycles. The first-order chi connectivity index (χ1) is 4.93. The van der Waals surface area contributed by atoms with Crippen LogP contribution >= 0.6 is 11.6 Å². The summed E-state index contributed by atoms with van der Waals surface area (Å²) in [5.41, 5.74) is 2.04. The molecule has 6 heteroatoms. The SMILES string of the molecule is CC1=C(C(F)(F)F)C(Cl)=N[N]1. The molecular weight excluding hydrogens is 181 g/mol. The van der Waals surface area contributed by atoms with Crippen LogP contribution in [0.25, 0.3) is 0 Å². The molecule has 0 fully saturated rings. The summed E-state index contributed by atoms with van der Waals surface area (Å²) in [6.07, 6.45) is -4.45. The molecule has 0 aromatic heterocycles. The Labute approximate surface area is 65.7 Å². The minimum Gasteiger partial charge on any atom is -0.166 e. The van der Waals surface area contributed by atoms with E-state index in [1.165, 1.54) is 6.92 Å². The van der Waals surface area contributed by atoms with Gasteiger partial charge < -0.3 is 0 Å². The highest BCUT2D eigenvalue weighted by Gasteiger charge is 2.41. The van der Waals surface area contributed by atoms with Crippen molar-refractivity contribution in [3.8, 4) is 0 Å². The van der Waals surface area contributed by atoms with Gasteiger partial charge in [-0.2, -0.15) is 18.6 Å². The summed E-state index contributed by atoms with van der Waals surface area (Å²) in [6.45, 7) is 1.21. The van der Waals surface area contributed by atoms with Gasteiger partial charge in [0.2, 0.25) is 0 Å². The normalized spacial score (nSPS) is 18.5. The van der Waals surface area contributed by atoms with Crippen molar-refractivity contribution in [3.63, 3.8) is 0 Å². The largest absolute Gasteiger partial charge is 0.421 e. The summed E-state index contributed by atoms with van der Waals surface area (Å²) >= 11 is 5.14. The molecule has 0 aromatic carbocycles. The summed E-state index contributed by atoms with van der Waals surface area (Å²) in [5, 5.41) is 2.49. The summed E-state index contributed by atoms with van der Waals surface area (Å²) in [4.78, 5) is 0.